The summed E-state index contributed by atoms with van der Waals surface area (Å²) in [5.74, 6) is 0. The molecule has 1 aliphatic rings. The quantitative estimate of drug-likeness (QED) is 0.825. The lowest BCUT2D eigenvalue weighted by atomic mass is 10.2. The van der Waals surface area contributed by atoms with Gasteiger partial charge >= 0.3 is 0 Å². The molecule has 0 unspecified atom stereocenters. The minimum absolute atomic E-state index is 1.06. The molecule has 2 aromatic carbocycles. The maximum Gasteiger partial charge on any atom is 0.0513 e. The first-order valence-corrected chi connectivity index (χ1v) is 6.93. The zero-order valence-electron chi connectivity index (χ0n) is 11.2. The molecule has 1 fully saturated rings. The van der Waals surface area contributed by atoms with Crippen LogP contribution in [0.2, 0.25) is 0 Å². The lowest BCUT2D eigenvalue weighted by Crippen LogP contribution is -2.24. The van der Waals surface area contributed by atoms with E-state index in [9.17, 15) is 0 Å². The highest BCUT2D eigenvalue weighted by Gasteiger charge is 2.19. The van der Waals surface area contributed by atoms with Crippen molar-refractivity contribution in [3.8, 4) is 0 Å². The summed E-state index contributed by atoms with van der Waals surface area (Å²) in [5.41, 5.74) is 2.81. The largest absolute Gasteiger partial charge is 0.285 e. The van der Waals surface area contributed by atoms with E-state index in [2.05, 4.69) is 70.5 Å². The van der Waals surface area contributed by atoms with Crippen LogP contribution >= 0.6 is 0 Å². The van der Waals surface area contributed by atoms with Gasteiger partial charge in [0.1, 0.15) is 0 Å². The smallest absolute Gasteiger partial charge is 0.0513 e. The topological polar surface area (TPSA) is 6.48 Å². The maximum atomic E-state index is 2.51. The normalized spacial score (nSPS) is 16.8. The average molecular weight is 252 g/mol. The molecule has 2 nitrogen and oxygen atoms in total. The molecule has 1 aliphatic heterocycles. The highest BCUT2D eigenvalue weighted by molar-refractivity contribution is 5.16. The van der Waals surface area contributed by atoms with E-state index in [1.54, 1.807) is 0 Å². The molecule has 0 saturated carbocycles. The SMILES string of the molecule is c1ccc(CN2CCN(Cc3ccccc3)C2)cc1. The highest BCUT2D eigenvalue weighted by Crippen LogP contribution is 2.13. The molecule has 0 bridgehead atoms. The van der Waals surface area contributed by atoms with Gasteiger partial charge in [0.2, 0.25) is 0 Å². The van der Waals surface area contributed by atoms with Crippen molar-refractivity contribution in [3.05, 3.63) is 71.8 Å². The molecule has 0 N–H and O–H groups in total. The fourth-order valence-corrected chi connectivity index (χ4v) is 2.65. The minimum Gasteiger partial charge on any atom is -0.285 e. The number of hydrogen-bond donors (Lipinski definition) is 0. The van der Waals surface area contributed by atoms with Crippen LogP contribution in [0.1, 0.15) is 11.1 Å². The first kappa shape index (κ1) is 12.4. The number of benzene rings is 2. The number of nitrogens with zero attached hydrogens (tertiary/aromatic N) is 2. The molecular formula is C17H20N2. The van der Waals surface area contributed by atoms with Crippen molar-refractivity contribution in [3.63, 3.8) is 0 Å². The molecule has 0 spiro atoms. The molecule has 2 aromatic rings. The third-order valence-electron chi connectivity index (χ3n) is 3.63. The predicted molar refractivity (Wildman–Crippen MR) is 78.6 cm³/mol. The van der Waals surface area contributed by atoms with E-state index in [1.807, 2.05) is 0 Å². The van der Waals surface area contributed by atoms with E-state index >= 15 is 0 Å². The van der Waals surface area contributed by atoms with Gasteiger partial charge < -0.3 is 0 Å². The lowest BCUT2D eigenvalue weighted by Gasteiger charge is -2.18. The van der Waals surface area contributed by atoms with Crippen molar-refractivity contribution in [2.45, 2.75) is 13.1 Å². The third-order valence-corrected chi connectivity index (χ3v) is 3.63. The van der Waals surface area contributed by atoms with Gasteiger partial charge in [0.25, 0.3) is 0 Å². The predicted octanol–water partition coefficient (Wildman–Crippen LogP) is 2.96. The highest BCUT2D eigenvalue weighted by atomic mass is 15.4. The Morgan fingerprint density at radius 2 is 1.05 bits per heavy atom. The number of rotatable bonds is 4. The molecule has 1 heterocycles. The zero-order chi connectivity index (χ0) is 12.9. The van der Waals surface area contributed by atoms with E-state index in [0.29, 0.717) is 0 Å². The van der Waals surface area contributed by atoms with Crippen molar-refractivity contribution in [2.24, 2.45) is 0 Å². The van der Waals surface area contributed by atoms with Gasteiger partial charge in [-0.2, -0.15) is 0 Å². The molecule has 3 rings (SSSR count). The Kier molecular flexibility index (Phi) is 3.92. The second-order valence-corrected chi connectivity index (χ2v) is 5.22. The second-order valence-electron chi connectivity index (χ2n) is 5.22. The van der Waals surface area contributed by atoms with E-state index < -0.39 is 0 Å². The minimum atomic E-state index is 1.06. The maximum absolute atomic E-state index is 2.51. The molecule has 19 heavy (non-hydrogen) atoms. The van der Waals surface area contributed by atoms with Gasteiger partial charge in [0.05, 0.1) is 6.67 Å². The van der Waals surface area contributed by atoms with Crippen LogP contribution in [0.25, 0.3) is 0 Å². The summed E-state index contributed by atoms with van der Waals surface area (Å²) < 4.78 is 0. The number of hydrogen-bond acceptors (Lipinski definition) is 2. The van der Waals surface area contributed by atoms with Crippen molar-refractivity contribution in [1.82, 2.24) is 9.80 Å². The van der Waals surface area contributed by atoms with E-state index in [0.717, 1.165) is 19.8 Å². The summed E-state index contributed by atoms with van der Waals surface area (Å²) in [6, 6.07) is 21.5. The fourth-order valence-electron chi connectivity index (χ4n) is 2.65. The van der Waals surface area contributed by atoms with Crippen LogP contribution < -0.4 is 0 Å². The third kappa shape index (κ3) is 3.43. The molecule has 1 saturated heterocycles. The van der Waals surface area contributed by atoms with Crippen molar-refractivity contribution in [1.29, 1.82) is 0 Å². The lowest BCUT2D eigenvalue weighted by molar-refractivity contribution is 0.235. The van der Waals surface area contributed by atoms with Crippen LogP contribution in [-0.2, 0) is 13.1 Å². The summed E-state index contributed by atoms with van der Waals surface area (Å²) in [6.45, 7) is 5.53. The van der Waals surface area contributed by atoms with Gasteiger partial charge in [0, 0.05) is 26.2 Å². The molecular weight excluding hydrogens is 232 g/mol. The summed E-state index contributed by atoms with van der Waals surface area (Å²) in [6.07, 6.45) is 0. The average Bonchev–Trinajstić information content (AvgIpc) is 2.88. The first-order chi connectivity index (χ1) is 9.40. The zero-order valence-corrected chi connectivity index (χ0v) is 11.2. The summed E-state index contributed by atoms with van der Waals surface area (Å²) >= 11 is 0. The van der Waals surface area contributed by atoms with E-state index in [-0.39, 0.29) is 0 Å². The first-order valence-electron chi connectivity index (χ1n) is 6.93. The van der Waals surface area contributed by atoms with Gasteiger partial charge in [0.15, 0.2) is 0 Å². The van der Waals surface area contributed by atoms with Crippen LogP contribution in [-0.4, -0.2) is 29.6 Å². The molecule has 2 heteroatoms. The van der Waals surface area contributed by atoms with Gasteiger partial charge in [-0.15, -0.1) is 0 Å². The fraction of sp³-hybridized carbons (Fsp3) is 0.294. The van der Waals surface area contributed by atoms with Crippen LogP contribution in [0.3, 0.4) is 0 Å². The molecule has 0 amide bonds. The van der Waals surface area contributed by atoms with Gasteiger partial charge in [-0.1, -0.05) is 60.7 Å². The molecule has 0 aromatic heterocycles. The Labute approximate surface area is 115 Å². The Bertz CT molecular complexity index is 448. The Balaban J connectivity index is 1.53. The van der Waals surface area contributed by atoms with Gasteiger partial charge in [-0.05, 0) is 11.1 Å². The van der Waals surface area contributed by atoms with Crippen molar-refractivity contribution >= 4 is 0 Å². The van der Waals surface area contributed by atoms with Crippen LogP contribution in [0.15, 0.2) is 60.7 Å². The van der Waals surface area contributed by atoms with Gasteiger partial charge in [-0.3, -0.25) is 9.80 Å². The summed E-state index contributed by atoms with van der Waals surface area (Å²) in [7, 11) is 0. The Morgan fingerprint density at radius 1 is 0.632 bits per heavy atom. The monoisotopic (exact) mass is 252 g/mol. The standard InChI is InChI=1S/C17H20N2/c1-3-7-16(8-4-1)13-18-11-12-19(15-18)14-17-9-5-2-6-10-17/h1-10H,11-15H2. The van der Waals surface area contributed by atoms with E-state index in [4.69, 9.17) is 0 Å². The molecule has 0 radical (unpaired) electrons. The second kappa shape index (κ2) is 6.00. The van der Waals surface area contributed by atoms with Crippen LogP contribution in [0.4, 0.5) is 0 Å². The summed E-state index contributed by atoms with van der Waals surface area (Å²) in [4.78, 5) is 5.02. The van der Waals surface area contributed by atoms with Gasteiger partial charge in [-0.25, -0.2) is 0 Å². The van der Waals surface area contributed by atoms with Crippen LogP contribution in [0, 0.1) is 0 Å². The van der Waals surface area contributed by atoms with E-state index in [1.165, 1.54) is 24.2 Å². The Morgan fingerprint density at radius 3 is 1.47 bits per heavy atom. The summed E-state index contributed by atoms with van der Waals surface area (Å²) in [5, 5.41) is 0. The molecule has 0 aliphatic carbocycles. The van der Waals surface area contributed by atoms with Crippen LogP contribution in [0.5, 0.6) is 0 Å². The molecule has 0 atom stereocenters. The Hall–Kier alpha value is -1.64. The van der Waals surface area contributed by atoms with Crippen molar-refractivity contribution < 1.29 is 0 Å². The van der Waals surface area contributed by atoms with Crippen molar-refractivity contribution in [2.75, 3.05) is 19.8 Å². The molecule has 98 valence electrons.